The molecule has 0 amide bonds. The summed E-state index contributed by atoms with van der Waals surface area (Å²) in [6, 6.07) is 8.54. The van der Waals surface area contributed by atoms with Gasteiger partial charge in [0.2, 0.25) is 0 Å². The van der Waals surface area contributed by atoms with Crippen molar-refractivity contribution in [3.63, 3.8) is 0 Å². The van der Waals surface area contributed by atoms with Gasteiger partial charge in [0, 0.05) is 12.7 Å². The Kier molecular flexibility index (Phi) is 11.9. The van der Waals surface area contributed by atoms with Crippen LogP contribution in [0.4, 0.5) is 0 Å². The molecule has 0 aliphatic carbocycles. The number of hydrogen-bond donors (Lipinski definition) is 1. The van der Waals surface area contributed by atoms with Crippen LogP contribution in [-0.4, -0.2) is 7.05 Å². The minimum Gasteiger partial charge on any atom is -0.388 e. The van der Waals surface area contributed by atoms with Crippen LogP contribution < -0.4 is 5.32 Å². The van der Waals surface area contributed by atoms with Crippen LogP contribution in [-0.2, 0) is 0 Å². The molecule has 130 valence electrons. The maximum atomic E-state index is 3.72. The van der Waals surface area contributed by atoms with Crippen LogP contribution in [0.5, 0.6) is 0 Å². The Morgan fingerprint density at radius 2 is 1.75 bits per heavy atom. The third kappa shape index (κ3) is 7.82. The highest BCUT2D eigenvalue weighted by Gasteiger charge is 2.03. The van der Waals surface area contributed by atoms with E-state index >= 15 is 0 Å². The van der Waals surface area contributed by atoms with E-state index in [0.29, 0.717) is 0 Å². The zero-order valence-corrected chi connectivity index (χ0v) is 16.2. The van der Waals surface area contributed by atoms with Crippen LogP contribution in [0.15, 0.2) is 72.9 Å². The predicted molar refractivity (Wildman–Crippen MR) is 112 cm³/mol. The normalized spacial score (nSPS) is 12.7. The van der Waals surface area contributed by atoms with Crippen molar-refractivity contribution in [3.8, 4) is 0 Å². The molecule has 0 saturated heterocycles. The minimum atomic E-state index is 1.12. The molecule has 0 fully saturated rings. The molecule has 0 spiro atoms. The summed E-state index contributed by atoms with van der Waals surface area (Å²) in [7, 11) is 1.95. The Hall–Kier alpha value is -2.28. The zero-order chi connectivity index (χ0) is 18.4. The fraction of sp³-hybridized carbons (Fsp3) is 0.304. The SMILES string of the molecule is C=C/C=C\C(=C/C)c1cccc(/C(=C/C(C)=C\C)NC)c1.CCC. The van der Waals surface area contributed by atoms with Crippen molar-refractivity contribution in [2.24, 2.45) is 0 Å². The monoisotopic (exact) mass is 323 g/mol. The van der Waals surface area contributed by atoms with Crippen molar-refractivity contribution in [1.82, 2.24) is 5.32 Å². The summed E-state index contributed by atoms with van der Waals surface area (Å²) in [4.78, 5) is 0. The van der Waals surface area contributed by atoms with E-state index in [1.165, 1.54) is 28.7 Å². The Balaban J connectivity index is 0.00000163. The van der Waals surface area contributed by atoms with Gasteiger partial charge in [-0.05, 0) is 49.6 Å². The molecule has 1 heteroatoms. The van der Waals surface area contributed by atoms with Gasteiger partial charge in [-0.15, -0.1) is 0 Å². The molecule has 0 unspecified atom stereocenters. The maximum Gasteiger partial charge on any atom is 0.0413 e. The highest BCUT2D eigenvalue weighted by atomic mass is 14.8. The van der Waals surface area contributed by atoms with Crippen molar-refractivity contribution in [3.05, 3.63) is 84.0 Å². The second-order valence-corrected chi connectivity index (χ2v) is 5.47. The van der Waals surface area contributed by atoms with Gasteiger partial charge in [-0.25, -0.2) is 0 Å². The summed E-state index contributed by atoms with van der Waals surface area (Å²) >= 11 is 0. The van der Waals surface area contributed by atoms with E-state index in [0.717, 1.165) is 5.70 Å². The molecular weight excluding hydrogens is 290 g/mol. The molecule has 0 saturated carbocycles. The lowest BCUT2D eigenvalue weighted by atomic mass is 10.0. The summed E-state index contributed by atoms with van der Waals surface area (Å²) < 4.78 is 0. The van der Waals surface area contributed by atoms with Crippen molar-refractivity contribution in [2.45, 2.75) is 41.0 Å². The van der Waals surface area contributed by atoms with E-state index in [2.05, 4.69) is 81.2 Å². The van der Waals surface area contributed by atoms with Gasteiger partial charge in [-0.1, -0.05) is 81.0 Å². The average Bonchev–Trinajstić information content (AvgIpc) is 2.61. The van der Waals surface area contributed by atoms with Crippen molar-refractivity contribution in [2.75, 3.05) is 7.05 Å². The maximum absolute atomic E-state index is 3.72. The first-order valence-corrected chi connectivity index (χ1v) is 8.66. The van der Waals surface area contributed by atoms with E-state index in [1.807, 2.05) is 27.0 Å². The number of benzene rings is 1. The van der Waals surface area contributed by atoms with Crippen LogP contribution in [0.3, 0.4) is 0 Å². The molecule has 1 nitrogen and oxygen atoms in total. The summed E-state index contributed by atoms with van der Waals surface area (Å²) in [6.45, 7) is 14.2. The molecule has 0 radical (unpaired) electrons. The quantitative estimate of drug-likeness (QED) is 0.569. The summed E-state index contributed by atoms with van der Waals surface area (Å²) in [6.07, 6.45) is 13.5. The molecule has 0 aromatic heterocycles. The van der Waals surface area contributed by atoms with E-state index in [-0.39, 0.29) is 0 Å². The first kappa shape index (κ1) is 21.7. The predicted octanol–water partition coefficient (Wildman–Crippen LogP) is 6.77. The Morgan fingerprint density at radius 3 is 2.25 bits per heavy atom. The number of allylic oxidation sites excluding steroid dienone is 8. The van der Waals surface area contributed by atoms with Gasteiger partial charge in [-0.2, -0.15) is 0 Å². The van der Waals surface area contributed by atoms with Gasteiger partial charge in [0.15, 0.2) is 0 Å². The van der Waals surface area contributed by atoms with Crippen molar-refractivity contribution in [1.29, 1.82) is 0 Å². The topological polar surface area (TPSA) is 12.0 Å². The van der Waals surface area contributed by atoms with Crippen LogP contribution in [0, 0.1) is 0 Å². The number of hydrogen-bond acceptors (Lipinski definition) is 1. The third-order valence-corrected chi connectivity index (χ3v) is 3.33. The molecular formula is C23H33N. The molecule has 0 bridgehead atoms. The van der Waals surface area contributed by atoms with Crippen molar-refractivity contribution >= 4 is 11.3 Å². The Labute approximate surface area is 149 Å². The summed E-state index contributed by atoms with van der Waals surface area (Å²) in [5.41, 5.74) is 5.93. The molecule has 0 aliphatic rings. The van der Waals surface area contributed by atoms with E-state index < -0.39 is 0 Å². The van der Waals surface area contributed by atoms with Gasteiger partial charge in [-0.3, -0.25) is 0 Å². The standard InChI is InChI=1S/C20H25N.C3H8/c1-6-9-11-17(8-3)18-12-10-13-19(15-18)20(21-5)14-16(4)7-2;1-3-2/h6-15,21H,1H2,2-5H3;3H2,1-2H3/b11-9-,16-7-,17-8+,20-14-;. The lowest BCUT2D eigenvalue weighted by Crippen LogP contribution is -2.05. The van der Waals surface area contributed by atoms with Gasteiger partial charge in [0.25, 0.3) is 0 Å². The molecule has 1 aromatic rings. The smallest absolute Gasteiger partial charge is 0.0413 e. The van der Waals surface area contributed by atoms with Gasteiger partial charge in [0.1, 0.15) is 0 Å². The Bertz CT molecular complexity index is 613. The fourth-order valence-corrected chi connectivity index (χ4v) is 2.01. The largest absolute Gasteiger partial charge is 0.388 e. The second kappa shape index (κ2) is 13.2. The molecule has 0 aliphatic heterocycles. The van der Waals surface area contributed by atoms with Crippen LogP contribution in [0.1, 0.15) is 52.2 Å². The van der Waals surface area contributed by atoms with Crippen LogP contribution >= 0.6 is 0 Å². The molecule has 24 heavy (non-hydrogen) atoms. The van der Waals surface area contributed by atoms with E-state index in [9.17, 15) is 0 Å². The molecule has 0 atom stereocenters. The minimum absolute atomic E-state index is 1.12. The van der Waals surface area contributed by atoms with Crippen LogP contribution in [0.2, 0.25) is 0 Å². The average molecular weight is 324 g/mol. The first-order chi connectivity index (χ1) is 11.6. The fourth-order valence-electron chi connectivity index (χ4n) is 2.01. The number of nitrogens with one attached hydrogen (secondary N) is 1. The lowest BCUT2D eigenvalue weighted by Gasteiger charge is -2.10. The number of rotatable bonds is 6. The van der Waals surface area contributed by atoms with Gasteiger partial charge < -0.3 is 5.32 Å². The highest BCUT2D eigenvalue weighted by molar-refractivity contribution is 5.77. The Morgan fingerprint density at radius 1 is 1.12 bits per heavy atom. The molecule has 0 heterocycles. The molecule has 1 rings (SSSR count). The third-order valence-electron chi connectivity index (χ3n) is 3.33. The van der Waals surface area contributed by atoms with E-state index in [1.54, 1.807) is 6.08 Å². The second-order valence-electron chi connectivity index (χ2n) is 5.47. The molecule has 1 N–H and O–H groups in total. The van der Waals surface area contributed by atoms with E-state index in [4.69, 9.17) is 0 Å². The lowest BCUT2D eigenvalue weighted by molar-refractivity contribution is 1.09. The molecule has 1 aromatic carbocycles. The summed E-state index contributed by atoms with van der Waals surface area (Å²) in [5, 5.41) is 3.28. The highest BCUT2D eigenvalue weighted by Crippen LogP contribution is 2.21. The van der Waals surface area contributed by atoms with Crippen LogP contribution in [0.25, 0.3) is 11.3 Å². The zero-order valence-electron chi connectivity index (χ0n) is 16.2. The van der Waals surface area contributed by atoms with Crippen molar-refractivity contribution < 1.29 is 0 Å². The first-order valence-electron chi connectivity index (χ1n) is 8.66. The summed E-state index contributed by atoms with van der Waals surface area (Å²) in [5.74, 6) is 0. The van der Waals surface area contributed by atoms with Gasteiger partial charge in [0.05, 0.1) is 0 Å². The van der Waals surface area contributed by atoms with Gasteiger partial charge >= 0.3 is 0 Å².